The van der Waals surface area contributed by atoms with E-state index in [1.165, 1.54) is 28.6 Å². The Hall–Kier alpha value is -1.48. The third-order valence-electron chi connectivity index (χ3n) is 3.62. The average Bonchev–Trinajstić information content (AvgIpc) is 2.55. The fraction of sp³-hybridized carbons (Fsp3) is 0.429. The number of benzene rings is 1. The molecule has 0 saturated heterocycles. The lowest BCUT2D eigenvalue weighted by Gasteiger charge is -2.05. The highest BCUT2D eigenvalue weighted by molar-refractivity contribution is 5.92. The van der Waals surface area contributed by atoms with Crippen LogP contribution in [0.15, 0.2) is 12.1 Å². The zero-order valence-electron chi connectivity index (χ0n) is 10.4. The lowest BCUT2D eigenvalue weighted by atomic mass is 10.0. The first-order valence-corrected chi connectivity index (χ1v) is 6.19. The van der Waals surface area contributed by atoms with Gasteiger partial charge >= 0.3 is 0 Å². The van der Waals surface area contributed by atoms with Crippen molar-refractivity contribution in [2.24, 2.45) is 0 Å². The molecule has 2 aromatic rings. The molecule has 3 rings (SSSR count). The smallest absolute Gasteiger partial charge is 0.142 e. The summed E-state index contributed by atoms with van der Waals surface area (Å²) in [5.41, 5.74) is 5.29. The number of methoxy groups -OCH3 is 1. The Kier molecular flexibility index (Phi) is 2.56. The SMILES string of the molecule is COc1ccc(C)c2c3c([nH]c12)CNCCC3. The number of fused-ring (bicyclic) bond motifs is 3. The van der Waals surface area contributed by atoms with Crippen LogP contribution >= 0.6 is 0 Å². The molecule has 0 saturated carbocycles. The van der Waals surface area contributed by atoms with Gasteiger partial charge in [-0.1, -0.05) is 6.07 Å². The quantitative estimate of drug-likeness (QED) is 0.790. The predicted octanol–water partition coefficient (Wildman–Crippen LogP) is 2.52. The van der Waals surface area contributed by atoms with E-state index in [9.17, 15) is 0 Å². The summed E-state index contributed by atoms with van der Waals surface area (Å²) in [6, 6.07) is 4.19. The molecule has 0 radical (unpaired) electrons. The van der Waals surface area contributed by atoms with Crippen LogP contribution in [0.5, 0.6) is 5.75 Å². The molecule has 1 aromatic carbocycles. The van der Waals surface area contributed by atoms with E-state index >= 15 is 0 Å². The molecule has 0 fully saturated rings. The highest BCUT2D eigenvalue weighted by Crippen LogP contribution is 2.33. The lowest BCUT2D eigenvalue weighted by molar-refractivity contribution is 0.419. The summed E-state index contributed by atoms with van der Waals surface area (Å²) in [6.07, 6.45) is 2.35. The van der Waals surface area contributed by atoms with E-state index in [0.29, 0.717) is 0 Å². The molecular weight excluding hydrogens is 212 g/mol. The summed E-state index contributed by atoms with van der Waals surface area (Å²) < 4.78 is 5.44. The Labute approximate surface area is 101 Å². The zero-order chi connectivity index (χ0) is 11.8. The van der Waals surface area contributed by atoms with Crippen molar-refractivity contribution >= 4 is 10.9 Å². The number of rotatable bonds is 1. The minimum Gasteiger partial charge on any atom is -0.495 e. The second-order valence-corrected chi connectivity index (χ2v) is 4.70. The largest absolute Gasteiger partial charge is 0.495 e. The Balaban J connectivity index is 2.30. The van der Waals surface area contributed by atoms with Crippen molar-refractivity contribution in [1.29, 1.82) is 0 Å². The lowest BCUT2D eigenvalue weighted by Crippen LogP contribution is -2.12. The molecular formula is C14H18N2O. The van der Waals surface area contributed by atoms with Gasteiger partial charge in [-0.3, -0.25) is 0 Å². The van der Waals surface area contributed by atoms with Crippen molar-refractivity contribution in [1.82, 2.24) is 10.3 Å². The molecule has 3 nitrogen and oxygen atoms in total. The van der Waals surface area contributed by atoms with Crippen molar-refractivity contribution in [3.05, 3.63) is 29.0 Å². The van der Waals surface area contributed by atoms with Crippen molar-refractivity contribution < 1.29 is 4.74 Å². The standard InChI is InChI=1S/C14H18N2O/c1-9-5-6-12(17-2)14-13(9)10-4-3-7-15-8-11(10)16-14/h5-6,15-16H,3-4,7-8H2,1-2H3. The second-order valence-electron chi connectivity index (χ2n) is 4.70. The third kappa shape index (κ3) is 1.62. The predicted molar refractivity (Wildman–Crippen MR) is 69.6 cm³/mol. The molecule has 0 spiro atoms. The minimum absolute atomic E-state index is 0.937. The van der Waals surface area contributed by atoms with Gasteiger partial charge in [0.05, 0.1) is 12.6 Å². The van der Waals surface area contributed by atoms with Gasteiger partial charge in [-0.25, -0.2) is 0 Å². The molecule has 1 aliphatic rings. The molecule has 3 heteroatoms. The molecule has 1 aromatic heterocycles. The Morgan fingerprint density at radius 1 is 1.29 bits per heavy atom. The molecule has 90 valence electrons. The number of ether oxygens (including phenoxy) is 1. The van der Waals surface area contributed by atoms with Crippen LogP contribution in [0.3, 0.4) is 0 Å². The van der Waals surface area contributed by atoms with Crippen LogP contribution in [0.1, 0.15) is 23.2 Å². The number of aromatic amines is 1. The van der Waals surface area contributed by atoms with E-state index in [1.54, 1.807) is 7.11 Å². The topological polar surface area (TPSA) is 37.0 Å². The maximum atomic E-state index is 5.44. The van der Waals surface area contributed by atoms with Gasteiger partial charge in [0.2, 0.25) is 0 Å². The highest BCUT2D eigenvalue weighted by atomic mass is 16.5. The van der Waals surface area contributed by atoms with Gasteiger partial charge in [0, 0.05) is 17.6 Å². The summed E-state index contributed by atoms with van der Waals surface area (Å²) in [7, 11) is 1.73. The van der Waals surface area contributed by atoms with Crippen molar-refractivity contribution in [2.75, 3.05) is 13.7 Å². The maximum Gasteiger partial charge on any atom is 0.142 e. The summed E-state index contributed by atoms with van der Waals surface area (Å²) in [5, 5.41) is 4.81. The first-order valence-electron chi connectivity index (χ1n) is 6.19. The second kappa shape index (κ2) is 4.08. The maximum absolute atomic E-state index is 5.44. The normalized spacial score (nSPS) is 15.6. The molecule has 1 aliphatic heterocycles. The molecule has 0 bridgehead atoms. The summed E-state index contributed by atoms with van der Waals surface area (Å²) in [5.74, 6) is 0.943. The van der Waals surface area contributed by atoms with E-state index in [4.69, 9.17) is 4.74 Å². The van der Waals surface area contributed by atoms with E-state index in [-0.39, 0.29) is 0 Å². The third-order valence-corrected chi connectivity index (χ3v) is 3.62. The number of nitrogens with one attached hydrogen (secondary N) is 2. The van der Waals surface area contributed by atoms with Crippen LogP contribution in [0, 0.1) is 6.92 Å². The molecule has 0 amide bonds. The van der Waals surface area contributed by atoms with Crippen LogP contribution in [0.2, 0.25) is 0 Å². The fourth-order valence-corrected chi connectivity index (χ4v) is 2.78. The van der Waals surface area contributed by atoms with Gasteiger partial charge < -0.3 is 15.0 Å². The number of hydrogen-bond donors (Lipinski definition) is 2. The van der Waals surface area contributed by atoms with Crippen LogP contribution in [-0.2, 0) is 13.0 Å². The number of aromatic nitrogens is 1. The van der Waals surface area contributed by atoms with Gasteiger partial charge in [0.15, 0.2) is 0 Å². The van der Waals surface area contributed by atoms with Crippen LogP contribution < -0.4 is 10.1 Å². The Bertz CT molecular complexity index is 557. The Morgan fingerprint density at radius 3 is 3.00 bits per heavy atom. The van der Waals surface area contributed by atoms with Crippen LogP contribution in [0.25, 0.3) is 10.9 Å². The first kappa shape index (κ1) is 10.7. The summed E-state index contributed by atoms with van der Waals surface area (Å²) >= 11 is 0. The van der Waals surface area contributed by atoms with Gasteiger partial charge in [0.1, 0.15) is 5.75 Å². The highest BCUT2D eigenvalue weighted by Gasteiger charge is 2.17. The summed E-state index contributed by atoms with van der Waals surface area (Å²) in [4.78, 5) is 3.53. The van der Waals surface area contributed by atoms with Crippen LogP contribution in [-0.4, -0.2) is 18.6 Å². The number of aryl methyl sites for hydroxylation is 2. The van der Waals surface area contributed by atoms with Gasteiger partial charge in [0.25, 0.3) is 0 Å². The van der Waals surface area contributed by atoms with Gasteiger partial charge in [-0.05, 0) is 43.5 Å². The van der Waals surface area contributed by atoms with Crippen molar-refractivity contribution in [3.8, 4) is 5.75 Å². The Morgan fingerprint density at radius 2 is 2.18 bits per heavy atom. The van der Waals surface area contributed by atoms with Crippen molar-refractivity contribution in [3.63, 3.8) is 0 Å². The van der Waals surface area contributed by atoms with E-state index in [1.807, 2.05) is 6.07 Å². The van der Waals surface area contributed by atoms with E-state index in [0.717, 1.165) is 30.8 Å². The van der Waals surface area contributed by atoms with Crippen molar-refractivity contribution in [2.45, 2.75) is 26.3 Å². The van der Waals surface area contributed by atoms with E-state index in [2.05, 4.69) is 23.3 Å². The van der Waals surface area contributed by atoms with E-state index < -0.39 is 0 Å². The van der Waals surface area contributed by atoms with Crippen LogP contribution in [0.4, 0.5) is 0 Å². The van der Waals surface area contributed by atoms with Gasteiger partial charge in [-0.2, -0.15) is 0 Å². The molecule has 0 aliphatic carbocycles. The monoisotopic (exact) mass is 230 g/mol. The van der Waals surface area contributed by atoms with Gasteiger partial charge in [-0.15, -0.1) is 0 Å². The average molecular weight is 230 g/mol. The molecule has 0 atom stereocenters. The first-order chi connectivity index (χ1) is 8.31. The zero-order valence-corrected chi connectivity index (χ0v) is 10.4. The molecule has 17 heavy (non-hydrogen) atoms. The number of H-pyrrole nitrogens is 1. The molecule has 2 N–H and O–H groups in total. The fourth-order valence-electron chi connectivity index (χ4n) is 2.78. The molecule has 2 heterocycles. The molecule has 0 unspecified atom stereocenters. The summed E-state index contributed by atoms with van der Waals surface area (Å²) in [6.45, 7) is 4.22. The minimum atomic E-state index is 0.937. The number of hydrogen-bond acceptors (Lipinski definition) is 2.